The Morgan fingerprint density at radius 3 is 3.00 bits per heavy atom. The number of fused-ring (bicyclic) bond motifs is 1. The molecule has 0 aliphatic heterocycles. The van der Waals surface area contributed by atoms with E-state index < -0.39 is 0 Å². The molecule has 0 amide bonds. The summed E-state index contributed by atoms with van der Waals surface area (Å²) in [7, 11) is 0. The fourth-order valence-corrected chi connectivity index (χ4v) is 2.58. The molecule has 80 valence electrons. The van der Waals surface area contributed by atoms with Gasteiger partial charge in [-0.25, -0.2) is 4.98 Å². The van der Waals surface area contributed by atoms with Gasteiger partial charge in [0.25, 0.3) is 0 Å². The SMILES string of the molecule is CSCCc1nc2c(C)cc(Br)cc2[nH]1. The van der Waals surface area contributed by atoms with Crippen LogP contribution in [0.1, 0.15) is 11.4 Å². The number of thioether (sulfide) groups is 1. The van der Waals surface area contributed by atoms with Crippen molar-refractivity contribution < 1.29 is 0 Å². The number of imidazole rings is 1. The Bertz CT molecular complexity index is 479. The number of halogens is 1. The van der Waals surface area contributed by atoms with E-state index in [1.54, 1.807) is 0 Å². The molecule has 0 radical (unpaired) electrons. The summed E-state index contributed by atoms with van der Waals surface area (Å²) in [6, 6.07) is 4.18. The van der Waals surface area contributed by atoms with E-state index in [0.717, 1.165) is 33.5 Å². The molecule has 0 saturated heterocycles. The lowest BCUT2D eigenvalue weighted by Gasteiger charge is -1.94. The quantitative estimate of drug-likeness (QED) is 0.934. The van der Waals surface area contributed by atoms with Crippen LogP contribution in [0, 0.1) is 6.92 Å². The summed E-state index contributed by atoms with van der Waals surface area (Å²) in [4.78, 5) is 7.96. The van der Waals surface area contributed by atoms with Crippen LogP contribution in [0.3, 0.4) is 0 Å². The molecule has 2 aromatic rings. The minimum Gasteiger partial charge on any atom is -0.342 e. The summed E-state index contributed by atoms with van der Waals surface area (Å²) >= 11 is 5.34. The molecule has 0 unspecified atom stereocenters. The topological polar surface area (TPSA) is 28.7 Å². The van der Waals surface area contributed by atoms with Crippen molar-refractivity contribution in [3.05, 3.63) is 28.0 Å². The molecule has 0 aliphatic carbocycles. The smallest absolute Gasteiger partial charge is 0.108 e. The molecular formula is C11H13BrN2S. The zero-order chi connectivity index (χ0) is 10.8. The molecule has 0 atom stereocenters. The first-order valence-corrected chi connectivity index (χ1v) is 7.03. The van der Waals surface area contributed by atoms with Crippen LogP contribution >= 0.6 is 27.7 Å². The first-order chi connectivity index (χ1) is 7.20. The van der Waals surface area contributed by atoms with Gasteiger partial charge < -0.3 is 4.98 Å². The summed E-state index contributed by atoms with van der Waals surface area (Å²) in [6.07, 6.45) is 3.12. The van der Waals surface area contributed by atoms with E-state index in [0.29, 0.717) is 0 Å². The van der Waals surface area contributed by atoms with Gasteiger partial charge in [-0.2, -0.15) is 11.8 Å². The van der Waals surface area contributed by atoms with Gasteiger partial charge in [-0.05, 0) is 30.9 Å². The molecule has 1 aromatic carbocycles. The molecule has 4 heteroatoms. The van der Waals surface area contributed by atoms with Crippen molar-refractivity contribution >= 4 is 38.7 Å². The maximum Gasteiger partial charge on any atom is 0.108 e. The van der Waals surface area contributed by atoms with Crippen LogP contribution in [0.4, 0.5) is 0 Å². The van der Waals surface area contributed by atoms with E-state index >= 15 is 0 Å². The van der Waals surface area contributed by atoms with Gasteiger partial charge in [0, 0.05) is 16.6 Å². The Kier molecular flexibility index (Phi) is 3.36. The van der Waals surface area contributed by atoms with Crippen molar-refractivity contribution in [2.24, 2.45) is 0 Å². The number of benzene rings is 1. The molecule has 0 fully saturated rings. The van der Waals surface area contributed by atoms with E-state index in [9.17, 15) is 0 Å². The van der Waals surface area contributed by atoms with E-state index in [1.807, 2.05) is 11.8 Å². The van der Waals surface area contributed by atoms with E-state index in [-0.39, 0.29) is 0 Å². The highest BCUT2D eigenvalue weighted by Gasteiger charge is 2.05. The molecule has 0 bridgehead atoms. The van der Waals surface area contributed by atoms with Gasteiger partial charge in [0.2, 0.25) is 0 Å². The minimum absolute atomic E-state index is 1.01. The van der Waals surface area contributed by atoms with Gasteiger partial charge in [0.05, 0.1) is 11.0 Å². The van der Waals surface area contributed by atoms with Crippen LogP contribution in [0.2, 0.25) is 0 Å². The Labute approximate surface area is 102 Å². The van der Waals surface area contributed by atoms with Crippen molar-refractivity contribution in [3.63, 3.8) is 0 Å². The monoisotopic (exact) mass is 284 g/mol. The first kappa shape index (κ1) is 11.0. The summed E-state index contributed by atoms with van der Waals surface area (Å²) in [5.41, 5.74) is 3.43. The predicted molar refractivity (Wildman–Crippen MR) is 70.6 cm³/mol. The third kappa shape index (κ3) is 2.37. The lowest BCUT2D eigenvalue weighted by Crippen LogP contribution is -1.89. The molecule has 0 aliphatic rings. The molecular weight excluding hydrogens is 272 g/mol. The average molecular weight is 285 g/mol. The zero-order valence-electron chi connectivity index (χ0n) is 8.80. The first-order valence-electron chi connectivity index (χ1n) is 4.84. The Balaban J connectivity index is 2.41. The van der Waals surface area contributed by atoms with Gasteiger partial charge >= 0.3 is 0 Å². The van der Waals surface area contributed by atoms with Gasteiger partial charge in [0.15, 0.2) is 0 Å². The Morgan fingerprint density at radius 2 is 2.27 bits per heavy atom. The van der Waals surface area contributed by atoms with Crippen LogP contribution in [0.15, 0.2) is 16.6 Å². The summed E-state index contributed by atoms with van der Waals surface area (Å²) in [6.45, 7) is 2.09. The van der Waals surface area contributed by atoms with Crippen molar-refractivity contribution in [2.45, 2.75) is 13.3 Å². The van der Waals surface area contributed by atoms with Crippen molar-refractivity contribution in [3.8, 4) is 0 Å². The van der Waals surface area contributed by atoms with Crippen LogP contribution in [-0.4, -0.2) is 22.0 Å². The van der Waals surface area contributed by atoms with E-state index in [2.05, 4.69) is 51.2 Å². The molecule has 1 aromatic heterocycles. The van der Waals surface area contributed by atoms with Crippen LogP contribution in [-0.2, 0) is 6.42 Å². The number of hydrogen-bond donors (Lipinski definition) is 1. The van der Waals surface area contributed by atoms with Gasteiger partial charge in [-0.1, -0.05) is 15.9 Å². The largest absolute Gasteiger partial charge is 0.342 e. The van der Waals surface area contributed by atoms with Crippen molar-refractivity contribution in [1.82, 2.24) is 9.97 Å². The summed E-state index contributed by atoms with van der Waals surface area (Å²) in [5, 5.41) is 0. The Hall–Kier alpha value is -0.480. The lowest BCUT2D eigenvalue weighted by molar-refractivity contribution is 1.01. The molecule has 2 nitrogen and oxygen atoms in total. The lowest BCUT2D eigenvalue weighted by atomic mass is 10.2. The summed E-state index contributed by atoms with van der Waals surface area (Å²) in [5.74, 6) is 2.19. The maximum absolute atomic E-state index is 4.60. The molecule has 15 heavy (non-hydrogen) atoms. The predicted octanol–water partition coefficient (Wildman–Crippen LogP) is 3.54. The maximum atomic E-state index is 4.60. The zero-order valence-corrected chi connectivity index (χ0v) is 11.2. The number of aromatic nitrogens is 2. The van der Waals surface area contributed by atoms with Crippen LogP contribution in [0.5, 0.6) is 0 Å². The number of nitrogens with one attached hydrogen (secondary N) is 1. The molecule has 2 rings (SSSR count). The second-order valence-electron chi connectivity index (χ2n) is 3.55. The average Bonchev–Trinajstić information content (AvgIpc) is 2.57. The fourth-order valence-electron chi connectivity index (χ4n) is 1.61. The minimum atomic E-state index is 1.01. The highest BCUT2D eigenvalue weighted by atomic mass is 79.9. The number of hydrogen-bond acceptors (Lipinski definition) is 2. The van der Waals surface area contributed by atoms with Gasteiger partial charge in [-0.3, -0.25) is 0 Å². The van der Waals surface area contributed by atoms with E-state index in [4.69, 9.17) is 0 Å². The van der Waals surface area contributed by atoms with Crippen molar-refractivity contribution in [2.75, 3.05) is 12.0 Å². The summed E-state index contributed by atoms with van der Waals surface area (Å²) < 4.78 is 1.10. The highest BCUT2D eigenvalue weighted by molar-refractivity contribution is 9.10. The van der Waals surface area contributed by atoms with Gasteiger partial charge in [-0.15, -0.1) is 0 Å². The number of H-pyrrole nitrogens is 1. The molecule has 1 heterocycles. The normalized spacial score (nSPS) is 11.1. The number of aromatic amines is 1. The van der Waals surface area contributed by atoms with Crippen molar-refractivity contribution in [1.29, 1.82) is 0 Å². The second-order valence-corrected chi connectivity index (χ2v) is 5.45. The Morgan fingerprint density at radius 1 is 1.47 bits per heavy atom. The third-order valence-electron chi connectivity index (χ3n) is 2.33. The van der Waals surface area contributed by atoms with Gasteiger partial charge in [0.1, 0.15) is 5.82 Å². The second kappa shape index (κ2) is 4.58. The molecule has 0 spiro atoms. The number of rotatable bonds is 3. The third-order valence-corrected chi connectivity index (χ3v) is 3.40. The molecule has 0 saturated carbocycles. The van der Waals surface area contributed by atoms with Crippen LogP contribution in [0.25, 0.3) is 11.0 Å². The fraction of sp³-hybridized carbons (Fsp3) is 0.364. The van der Waals surface area contributed by atoms with Crippen LogP contribution < -0.4 is 0 Å². The van der Waals surface area contributed by atoms with E-state index in [1.165, 1.54) is 5.56 Å². The molecule has 1 N–H and O–H groups in total. The number of nitrogens with zero attached hydrogens (tertiary/aromatic N) is 1. The standard InChI is InChI=1S/C11H13BrN2S/c1-7-5-8(12)6-9-11(7)14-10(13-9)3-4-15-2/h5-6H,3-4H2,1-2H3,(H,13,14). The number of aryl methyl sites for hydroxylation is 2. The highest BCUT2D eigenvalue weighted by Crippen LogP contribution is 2.22.